The molecule has 0 saturated carbocycles. The molecule has 0 bridgehead atoms. The maximum atomic E-state index is 11.2. The van der Waals surface area contributed by atoms with Crippen molar-refractivity contribution in [3.8, 4) is 11.6 Å². The summed E-state index contributed by atoms with van der Waals surface area (Å²) in [4.78, 5) is 21.7. The average molecular weight is 340 g/mol. The Labute approximate surface area is 142 Å². The van der Waals surface area contributed by atoms with Crippen LogP contribution in [0.5, 0.6) is 11.6 Å². The lowest BCUT2D eigenvalue weighted by atomic mass is 10.2. The fourth-order valence-corrected chi connectivity index (χ4v) is 3.07. The highest BCUT2D eigenvalue weighted by Gasteiger charge is 2.24. The first kappa shape index (κ1) is 15.6. The Balaban J connectivity index is 1.63. The van der Waals surface area contributed by atoms with Gasteiger partial charge in [-0.2, -0.15) is 0 Å². The molecule has 8 nitrogen and oxygen atoms in total. The van der Waals surface area contributed by atoms with Gasteiger partial charge in [0.1, 0.15) is 12.1 Å². The molecule has 128 valence electrons. The van der Waals surface area contributed by atoms with Crippen molar-refractivity contribution in [2.24, 2.45) is 0 Å². The average Bonchev–Trinajstić information content (AvgIpc) is 3.19. The summed E-state index contributed by atoms with van der Waals surface area (Å²) in [5.74, 6) is 1.07. The summed E-state index contributed by atoms with van der Waals surface area (Å²) in [7, 11) is 0. The first-order chi connectivity index (χ1) is 12.2. The fraction of sp³-hybridized carbons (Fsp3) is 0.235. The second-order valence-electron chi connectivity index (χ2n) is 5.83. The van der Waals surface area contributed by atoms with Crippen LogP contribution in [0.4, 0.5) is 4.79 Å². The van der Waals surface area contributed by atoms with Gasteiger partial charge in [-0.15, -0.1) is 0 Å². The van der Waals surface area contributed by atoms with E-state index in [-0.39, 0.29) is 6.61 Å². The summed E-state index contributed by atoms with van der Waals surface area (Å²) < 4.78 is 7.09. The highest BCUT2D eigenvalue weighted by atomic mass is 16.5. The molecule has 0 radical (unpaired) electrons. The van der Waals surface area contributed by atoms with Gasteiger partial charge in [-0.25, -0.2) is 14.8 Å². The van der Waals surface area contributed by atoms with Gasteiger partial charge in [-0.05, 0) is 24.3 Å². The number of ether oxygens (including phenoxy) is 1. The van der Waals surface area contributed by atoms with Crippen LogP contribution < -0.4 is 4.74 Å². The van der Waals surface area contributed by atoms with Crippen molar-refractivity contribution in [3.63, 3.8) is 0 Å². The van der Waals surface area contributed by atoms with Crippen LogP contribution in [0.25, 0.3) is 10.9 Å². The largest absolute Gasteiger partial charge is 0.464 e. The van der Waals surface area contributed by atoms with Gasteiger partial charge < -0.3 is 14.9 Å². The highest BCUT2D eigenvalue weighted by molar-refractivity contribution is 5.89. The number of fused-ring (bicyclic) bond motifs is 2. The molecular weight excluding hydrogens is 324 g/mol. The molecule has 4 rings (SSSR count). The quantitative estimate of drug-likeness (QED) is 0.749. The molecule has 25 heavy (non-hydrogen) atoms. The van der Waals surface area contributed by atoms with Gasteiger partial charge >= 0.3 is 6.09 Å². The van der Waals surface area contributed by atoms with Crippen molar-refractivity contribution >= 4 is 17.0 Å². The van der Waals surface area contributed by atoms with Crippen LogP contribution in [-0.2, 0) is 13.1 Å². The topological polar surface area (TPSA) is 101 Å². The Bertz CT molecular complexity index is 953. The van der Waals surface area contributed by atoms with Crippen molar-refractivity contribution in [3.05, 3.63) is 48.0 Å². The van der Waals surface area contributed by atoms with Gasteiger partial charge in [0.05, 0.1) is 23.4 Å². The molecule has 0 fully saturated rings. The molecule has 0 spiro atoms. The van der Waals surface area contributed by atoms with Crippen LogP contribution in [-0.4, -0.2) is 48.9 Å². The van der Waals surface area contributed by atoms with Crippen LogP contribution in [0, 0.1) is 0 Å². The molecule has 2 aromatic heterocycles. The Kier molecular flexibility index (Phi) is 3.83. The number of aromatic nitrogens is 3. The van der Waals surface area contributed by atoms with E-state index >= 15 is 0 Å². The molecular formula is C17H16N4O4. The molecule has 0 aliphatic carbocycles. The van der Waals surface area contributed by atoms with E-state index in [2.05, 4.69) is 14.9 Å². The fourth-order valence-electron chi connectivity index (χ4n) is 3.07. The minimum absolute atomic E-state index is 0.0921. The second kappa shape index (κ2) is 6.15. The van der Waals surface area contributed by atoms with Gasteiger partial charge in [0.2, 0.25) is 5.88 Å². The minimum atomic E-state index is -1.03. The molecule has 0 atom stereocenters. The lowest BCUT2D eigenvalue weighted by molar-refractivity contribution is 0.196. The van der Waals surface area contributed by atoms with Gasteiger partial charge in [0.25, 0.3) is 0 Å². The molecule has 1 aromatic carbocycles. The van der Waals surface area contributed by atoms with Crippen LogP contribution in [0.15, 0.2) is 36.8 Å². The summed E-state index contributed by atoms with van der Waals surface area (Å²) in [5, 5.41) is 19.0. The van der Waals surface area contributed by atoms with Gasteiger partial charge in [0.15, 0.2) is 0 Å². The summed E-state index contributed by atoms with van der Waals surface area (Å²) in [5.41, 5.74) is 2.41. The first-order valence-electron chi connectivity index (χ1n) is 7.84. The molecule has 1 aliphatic rings. The summed E-state index contributed by atoms with van der Waals surface area (Å²) in [6.07, 6.45) is 1.95. The zero-order valence-electron chi connectivity index (χ0n) is 13.3. The van der Waals surface area contributed by atoms with Gasteiger partial charge in [-0.3, -0.25) is 9.47 Å². The number of carboxylic acid groups (broad SMARTS) is 1. The van der Waals surface area contributed by atoms with Crippen LogP contribution in [0.3, 0.4) is 0 Å². The van der Waals surface area contributed by atoms with E-state index in [9.17, 15) is 4.79 Å². The van der Waals surface area contributed by atoms with Crippen molar-refractivity contribution in [1.82, 2.24) is 19.4 Å². The van der Waals surface area contributed by atoms with Crippen molar-refractivity contribution in [2.75, 3.05) is 13.2 Å². The number of β-amino-alcohol motifs (C(OH)–C–C–N with tert-alkyl or cyclic N) is 1. The number of aliphatic hydroxyl groups excluding tert-OH is 1. The lowest BCUT2D eigenvalue weighted by Crippen LogP contribution is -2.20. The zero-order chi connectivity index (χ0) is 17.4. The summed E-state index contributed by atoms with van der Waals surface area (Å²) in [6.45, 7) is 1.96. The normalized spacial score (nSPS) is 14.0. The number of aliphatic hydroxyl groups is 1. The van der Waals surface area contributed by atoms with Crippen LogP contribution in [0.1, 0.15) is 11.3 Å². The molecule has 0 amide bonds. The second-order valence-corrected chi connectivity index (χ2v) is 5.83. The Morgan fingerprint density at radius 1 is 1.24 bits per heavy atom. The molecule has 8 heteroatoms. The summed E-state index contributed by atoms with van der Waals surface area (Å²) in [6, 6.07) is 6.93. The van der Waals surface area contributed by atoms with Crippen molar-refractivity contribution < 1.29 is 19.7 Å². The van der Waals surface area contributed by atoms with E-state index in [1.54, 1.807) is 24.3 Å². The molecule has 2 N–H and O–H groups in total. The summed E-state index contributed by atoms with van der Waals surface area (Å²) >= 11 is 0. The maximum Gasteiger partial charge on any atom is 0.415 e. The Morgan fingerprint density at radius 3 is 2.92 bits per heavy atom. The zero-order valence-corrected chi connectivity index (χ0v) is 13.3. The third kappa shape index (κ3) is 2.81. The third-order valence-corrected chi connectivity index (χ3v) is 4.25. The smallest absolute Gasteiger partial charge is 0.415 e. The third-order valence-electron chi connectivity index (χ3n) is 4.25. The lowest BCUT2D eigenvalue weighted by Gasteiger charge is -2.12. The molecule has 1 aliphatic heterocycles. The van der Waals surface area contributed by atoms with Gasteiger partial charge in [-0.1, -0.05) is 0 Å². The van der Waals surface area contributed by atoms with E-state index in [0.29, 0.717) is 36.8 Å². The monoisotopic (exact) mass is 340 g/mol. The molecule has 3 heterocycles. The number of nitrogens with zero attached hydrogens (tertiary/aromatic N) is 4. The number of hydrogen-bond donors (Lipinski definition) is 2. The van der Waals surface area contributed by atoms with E-state index in [4.69, 9.17) is 14.9 Å². The SMILES string of the molecule is O=C(O)n1ccc2cc(Oc3ncnc4c3CN(CCO)C4)ccc21. The Hall–Kier alpha value is -2.97. The van der Waals surface area contributed by atoms with E-state index in [1.807, 2.05) is 0 Å². The van der Waals surface area contributed by atoms with Crippen molar-refractivity contribution in [2.45, 2.75) is 13.1 Å². The maximum absolute atomic E-state index is 11.2. The van der Waals surface area contributed by atoms with Crippen LogP contribution in [0.2, 0.25) is 0 Å². The minimum Gasteiger partial charge on any atom is -0.464 e. The highest BCUT2D eigenvalue weighted by Crippen LogP contribution is 2.31. The van der Waals surface area contributed by atoms with Crippen LogP contribution >= 0.6 is 0 Å². The predicted octanol–water partition coefficient (Wildman–Crippen LogP) is 2.06. The van der Waals surface area contributed by atoms with E-state index in [1.165, 1.54) is 12.5 Å². The first-order valence-corrected chi connectivity index (χ1v) is 7.84. The van der Waals surface area contributed by atoms with E-state index in [0.717, 1.165) is 21.2 Å². The Morgan fingerprint density at radius 2 is 2.12 bits per heavy atom. The number of carbonyl (C=O) groups is 1. The molecule has 3 aromatic rings. The standard InChI is InChI=1S/C17H16N4O4/c22-6-5-20-8-13-14(9-20)18-10-19-16(13)25-12-1-2-15-11(7-12)3-4-21(15)17(23)24/h1-4,7,10,22H,5-6,8-9H2,(H,23,24). The molecule has 0 unspecified atom stereocenters. The predicted molar refractivity (Wildman–Crippen MR) is 88.7 cm³/mol. The van der Waals surface area contributed by atoms with Gasteiger partial charge in [0, 0.05) is 31.2 Å². The number of rotatable bonds is 4. The molecule has 0 saturated heterocycles. The number of benzene rings is 1. The number of hydrogen-bond acceptors (Lipinski definition) is 6. The van der Waals surface area contributed by atoms with E-state index < -0.39 is 6.09 Å². The van der Waals surface area contributed by atoms with Crippen molar-refractivity contribution in [1.29, 1.82) is 0 Å².